The van der Waals surface area contributed by atoms with Crippen LogP contribution in [0.2, 0.25) is 0 Å². The molecule has 7 heteroatoms. The maximum Gasteiger partial charge on any atom is 0.305 e. The number of aliphatic hydroxyl groups excluding tert-OH is 1. The summed E-state index contributed by atoms with van der Waals surface area (Å²) in [6.45, 7) is 7.40. The summed E-state index contributed by atoms with van der Waals surface area (Å²) in [5.41, 5.74) is 2.20. The molecule has 0 aliphatic carbocycles. The number of phenolic OH excluding ortho intramolecular Hbond substituents is 1. The van der Waals surface area contributed by atoms with Gasteiger partial charge in [0.2, 0.25) is 0 Å². The number of unbranched alkanes of at least 4 members (excludes halogenated alkanes) is 1. The Hall–Kier alpha value is -2.35. The zero-order valence-corrected chi connectivity index (χ0v) is 18.5. The number of aromatic hydroxyl groups is 1. The standard InChI is InChI=1S/C23H30N2O4S/c1-4-5-10-29-17-8-6-15(7-9-17)21(14(2)3)24-13-20(27)18-11-16(26)12-19-22(18)30-23(28)25-19/h6-9,11-12,14,20-21,24,26-27H,4-5,10,13H2,1-3H3,(H,25,28)/t20-,21?/m0/s1. The van der Waals surface area contributed by atoms with Crippen molar-refractivity contribution in [3.05, 3.63) is 57.2 Å². The van der Waals surface area contributed by atoms with Gasteiger partial charge in [0.1, 0.15) is 11.5 Å². The lowest BCUT2D eigenvalue weighted by Crippen LogP contribution is -2.29. The first kappa shape index (κ1) is 22.3. The van der Waals surface area contributed by atoms with Gasteiger partial charge in [-0.3, -0.25) is 4.79 Å². The molecule has 30 heavy (non-hydrogen) atoms. The van der Waals surface area contributed by atoms with Crippen LogP contribution in [0, 0.1) is 5.92 Å². The van der Waals surface area contributed by atoms with Crippen LogP contribution in [0.5, 0.6) is 11.5 Å². The van der Waals surface area contributed by atoms with Crippen molar-refractivity contribution in [3.8, 4) is 11.5 Å². The number of fused-ring (bicyclic) bond motifs is 1. The van der Waals surface area contributed by atoms with E-state index in [4.69, 9.17) is 4.74 Å². The quantitative estimate of drug-likeness (QED) is 0.356. The number of aromatic nitrogens is 1. The zero-order valence-electron chi connectivity index (χ0n) is 17.6. The lowest BCUT2D eigenvalue weighted by atomic mass is 9.95. The van der Waals surface area contributed by atoms with Crippen LogP contribution in [-0.4, -0.2) is 28.3 Å². The molecule has 3 aromatic rings. The molecule has 4 N–H and O–H groups in total. The smallest absolute Gasteiger partial charge is 0.305 e. The van der Waals surface area contributed by atoms with Gasteiger partial charge in [0, 0.05) is 24.2 Å². The first-order valence-corrected chi connectivity index (χ1v) is 11.2. The maximum atomic E-state index is 11.7. The van der Waals surface area contributed by atoms with Crippen LogP contribution in [0.3, 0.4) is 0 Å². The van der Waals surface area contributed by atoms with Crippen LogP contribution in [-0.2, 0) is 0 Å². The highest BCUT2D eigenvalue weighted by Crippen LogP contribution is 2.31. The van der Waals surface area contributed by atoms with E-state index >= 15 is 0 Å². The van der Waals surface area contributed by atoms with Crippen LogP contribution in [0.4, 0.5) is 0 Å². The molecule has 0 amide bonds. The Morgan fingerprint density at radius 2 is 1.93 bits per heavy atom. The van der Waals surface area contributed by atoms with Gasteiger partial charge in [0.15, 0.2) is 0 Å². The molecule has 6 nitrogen and oxygen atoms in total. The van der Waals surface area contributed by atoms with Crippen molar-refractivity contribution >= 4 is 21.6 Å². The van der Waals surface area contributed by atoms with E-state index in [0.29, 0.717) is 28.2 Å². The van der Waals surface area contributed by atoms with Crippen LogP contribution in [0.25, 0.3) is 10.2 Å². The third kappa shape index (κ3) is 5.41. The molecule has 0 saturated carbocycles. The van der Waals surface area contributed by atoms with E-state index in [2.05, 4.69) is 43.2 Å². The van der Waals surface area contributed by atoms with E-state index in [9.17, 15) is 15.0 Å². The highest BCUT2D eigenvalue weighted by atomic mass is 32.1. The molecule has 0 spiro atoms. The van der Waals surface area contributed by atoms with Crippen molar-refractivity contribution in [2.75, 3.05) is 13.2 Å². The second kappa shape index (κ2) is 10.1. The van der Waals surface area contributed by atoms with Gasteiger partial charge < -0.3 is 25.3 Å². The number of ether oxygens (including phenoxy) is 1. The Morgan fingerprint density at radius 1 is 1.20 bits per heavy atom. The summed E-state index contributed by atoms with van der Waals surface area (Å²) in [4.78, 5) is 14.2. The Labute approximate surface area is 180 Å². The van der Waals surface area contributed by atoms with Crippen LogP contribution < -0.4 is 14.9 Å². The fraction of sp³-hybridized carbons (Fsp3) is 0.435. The molecule has 0 bridgehead atoms. The fourth-order valence-corrected chi connectivity index (χ4v) is 4.39. The highest BCUT2D eigenvalue weighted by molar-refractivity contribution is 7.16. The molecule has 1 aromatic heterocycles. The predicted octanol–water partition coefficient (Wildman–Crippen LogP) is 4.49. The van der Waals surface area contributed by atoms with Crippen molar-refractivity contribution in [3.63, 3.8) is 0 Å². The Morgan fingerprint density at radius 3 is 2.60 bits per heavy atom. The van der Waals surface area contributed by atoms with Gasteiger partial charge in [0.05, 0.1) is 22.9 Å². The monoisotopic (exact) mass is 430 g/mol. The van der Waals surface area contributed by atoms with Gasteiger partial charge >= 0.3 is 4.87 Å². The molecule has 0 saturated heterocycles. The van der Waals surface area contributed by atoms with E-state index in [0.717, 1.165) is 42.1 Å². The second-order valence-corrected chi connectivity index (χ2v) is 8.83. The number of phenols is 1. The van der Waals surface area contributed by atoms with Gasteiger partial charge in [-0.15, -0.1) is 0 Å². The summed E-state index contributed by atoms with van der Waals surface area (Å²) >= 11 is 1.04. The Bertz CT molecular complexity index is 1010. The number of hydrogen-bond acceptors (Lipinski definition) is 6. The SMILES string of the molecule is CCCCOc1ccc(C(NC[C@H](O)c2cc(O)cc3[nH]c(=O)sc23)C(C)C)cc1. The highest BCUT2D eigenvalue weighted by Gasteiger charge is 2.20. The number of aliphatic hydroxyl groups is 1. The van der Waals surface area contributed by atoms with Gasteiger partial charge in [-0.05, 0) is 36.1 Å². The average molecular weight is 431 g/mol. The minimum atomic E-state index is -0.857. The lowest BCUT2D eigenvalue weighted by molar-refractivity contribution is 0.167. The number of H-pyrrole nitrogens is 1. The number of hydrogen-bond donors (Lipinski definition) is 4. The van der Waals surface area contributed by atoms with Gasteiger partial charge in [0.25, 0.3) is 0 Å². The maximum absolute atomic E-state index is 11.7. The molecule has 3 rings (SSSR count). The van der Waals surface area contributed by atoms with Crippen molar-refractivity contribution in [1.29, 1.82) is 0 Å². The number of aromatic amines is 1. The normalized spacial score (nSPS) is 13.6. The minimum Gasteiger partial charge on any atom is -0.508 e. The molecule has 2 atom stereocenters. The third-order valence-electron chi connectivity index (χ3n) is 5.10. The Kier molecular flexibility index (Phi) is 7.53. The number of benzene rings is 2. The fourth-order valence-electron chi connectivity index (χ4n) is 3.51. The summed E-state index contributed by atoms with van der Waals surface area (Å²) in [5, 5.41) is 24.2. The van der Waals surface area contributed by atoms with Gasteiger partial charge in [-0.25, -0.2) is 0 Å². The Balaban J connectivity index is 1.71. The number of nitrogens with one attached hydrogen (secondary N) is 2. The molecule has 162 valence electrons. The first-order chi connectivity index (χ1) is 14.4. The molecule has 0 radical (unpaired) electrons. The van der Waals surface area contributed by atoms with Crippen LogP contribution >= 0.6 is 11.3 Å². The largest absolute Gasteiger partial charge is 0.508 e. The average Bonchev–Trinajstić information content (AvgIpc) is 3.08. The van der Waals surface area contributed by atoms with Crippen molar-refractivity contribution in [2.45, 2.75) is 45.8 Å². The number of thiazole rings is 1. The van der Waals surface area contributed by atoms with E-state index in [1.54, 1.807) is 0 Å². The summed E-state index contributed by atoms with van der Waals surface area (Å²) < 4.78 is 6.41. The minimum absolute atomic E-state index is 0.0182. The van der Waals surface area contributed by atoms with E-state index in [1.165, 1.54) is 12.1 Å². The molecule has 2 aromatic carbocycles. The summed E-state index contributed by atoms with van der Waals surface area (Å²) in [7, 11) is 0. The van der Waals surface area contributed by atoms with Gasteiger partial charge in [-0.1, -0.05) is 50.7 Å². The third-order valence-corrected chi connectivity index (χ3v) is 6.04. The van der Waals surface area contributed by atoms with Gasteiger partial charge in [-0.2, -0.15) is 0 Å². The molecule has 0 aliphatic heterocycles. The van der Waals surface area contributed by atoms with Crippen LogP contribution in [0.15, 0.2) is 41.2 Å². The van der Waals surface area contributed by atoms with Crippen molar-refractivity contribution < 1.29 is 14.9 Å². The molecule has 1 heterocycles. The molecule has 0 aliphatic rings. The lowest BCUT2D eigenvalue weighted by Gasteiger charge is -2.25. The van der Waals surface area contributed by atoms with E-state index < -0.39 is 6.10 Å². The second-order valence-electron chi connectivity index (χ2n) is 7.84. The summed E-state index contributed by atoms with van der Waals surface area (Å²) in [6, 6.07) is 11.1. The van der Waals surface area contributed by atoms with E-state index in [-0.39, 0.29) is 16.7 Å². The summed E-state index contributed by atoms with van der Waals surface area (Å²) in [6.07, 6.45) is 1.28. The van der Waals surface area contributed by atoms with Crippen molar-refractivity contribution in [2.24, 2.45) is 5.92 Å². The van der Waals surface area contributed by atoms with E-state index in [1.807, 2.05) is 12.1 Å². The summed E-state index contributed by atoms with van der Waals surface area (Å²) in [5.74, 6) is 1.18. The zero-order chi connectivity index (χ0) is 21.7. The van der Waals surface area contributed by atoms with Crippen molar-refractivity contribution in [1.82, 2.24) is 10.3 Å². The topological polar surface area (TPSA) is 94.6 Å². The molecule has 1 unspecified atom stereocenters. The van der Waals surface area contributed by atoms with Crippen LogP contribution in [0.1, 0.15) is 56.9 Å². The number of rotatable bonds is 10. The predicted molar refractivity (Wildman–Crippen MR) is 121 cm³/mol. The molecule has 0 fully saturated rings. The molecular weight excluding hydrogens is 400 g/mol. The first-order valence-electron chi connectivity index (χ1n) is 10.4. The molecular formula is C23H30N2O4S.